The number of nitrogens with one attached hydrogen (secondary N) is 1. The van der Waals surface area contributed by atoms with Crippen molar-refractivity contribution in [3.05, 3.63) is 6.20 Å². The van der Waals surface area contributed by atoms with Gasteiger partial charge >= 0.3 is 0 Å². The highest BCUT2D eigenvalue weighted by Crippen LogP contribution is 2.25. The molecule has 4 heteroatoms. The molecular weight excluding hydrogens is 212 g/mol. The monoisotopic (exact) mass is 238 g/mol. The summed E-state index contributed by atoms with van der Waals surface area (Å²) >= 11 is 0. The summed E-state index contributed by atoms with van der Waals surface area (Å²) in [6, 6.07) is 0. The standard InChI is InChI=1S/C13H26N4/c1-5-6-7-8-13(2,3)10-15-12-11(14)9-17(4)16-12/h9H,5-8,10,14H2,1-4H3,(H,15,16). The molecule has 0 radical (unpaired) electrons. The first-order chi connectivity index (χ1) is 7.94. The van der Waals surface area contributed by atoms with E-state index < -0.39 is 0 Å². The molecule has 1 heterocycles. The lowest BCUT2D eigenvalue weighted by Crippen LogP contribution is -2.23. The summed E-state index contributed by atoms with van der Waals surface area (Å²) in [5.74, 6) is 0.802. The van der Waals surface area contributed by atoms with E-state index >= 15 is 0 Å². The minimum Gasteiger partial charge on any atom is -0.394 e. The smallest absolute Gasteiger partial charge is 0.171 e. The molecule has 1 rings (SSSR count). The Balaban J connectivity index is 2.40. The Kier molecular flexibility index (Phi) is 4.85. The van der Waals surface area contributed by atoms with Crippen molar-refractivity contribution in [2.75, 3.05) is 17.6 Å². The predicted molar refractivity (Wildman–Crippen MR) is 74.0 cm³/mol. The van der Waals surface area contributed by atoms with Crippen LogP contribution >= 0.6 is 0 Å². The van der Waals surface area contributed by atoms with Gasteiger partial charge in [0, 0.05) is 19.8 Å². The van der Waals surface area contributed by atoms with Crippen molar-refractivity contribution in [2.24, 2.45) is 12.5 Å². The van der Waals surface area contributed by atoms with Crippen LogP contribution in [-0.4, -0.2) is 16.3 Å². The van der Waals surface area contributed by atoms with Gasteiger partial charge in [0.2, 0.25) is 0 Å². The van der Waals surface area contributed by atoms with Crippen molar-refractivity contribution in [1.82, 2.24) is 9.78 Å². The van der Waals surface area contributed by atoms with E-state index in [0.717, 1.165) is 18.1 Å². The summed E-state index contributed by atoms with van der Waals surface area (Å²) in [7, 11) is 1.88. The Hall–Kier alpha value is -1.19. The lowest BCUT2D eigenvalue weighted by molar-refractivity contribution is 0.342. The minimum absolute atomic E-state index is 0.291. The van der Waals surface area contributed by atoms with E-state index in [1.807, 2.05) is 13.2 Å². The van der Waals surface area contributed by atoms with Crippen LogP contribution in [0, 0.1) is 5.41 Å². The molecule has 0 amide bonds. The van der Waals surface area contributed by atoms with Crippen LogP contribution in [-0.2, 0) is 7.05 Å². The van der Waals surface area contributed by atoms with Gasteiger partial charge in [-0.25, -0.2) is 0 Å². The topological polar surface area (TPSA) is 55.9 Å². The zero-order valence-corrected chi connectivity index (χ0v) is 11.6. The Bertz CT molecular complexity index is 341. The second kappa shape index (κ2) is 5.94. The van der Waals surface area contributed by atoms with Crippen molar-refractivity contribution in [3.8, 4) is 0 Å². The van der Waals surface area contributed by atoms with Crippen LogP contribution in [0.15, 0.2) is 6.20 Å². The molecule has 0 saturated carbocycles. The molecule has 1 aromatic rings. The van der Waals surface area contributed by atoms with Gasteiger partial charge in [0.05, 0.1) is 5.69 Å². The Morgan fingerprint density at radius 1 is 1.41 bits per heavy atom. The molecule has 0 spiro atoms. The number of aromatic nitrogens is 2. The molecule has 17 heavy (non-hydrogen) atoms. The van der Waals surface area contributed by atoms with Crippen molar-refractivity contribution in [2.45, 2.75) is 46.5 Å². The highest BCUT2D eigenvalue weighted by molar-refractivity contribution is 5.59. The van der Waals surface area contributed by atoms with E-state index in [4.69, 9.17) is 5.73 Å². The number of anilines is 2. The number of rotatable bonds is 7. The van der Waals surface area contributed by atoms with Crippen molar-refractivity contribution < 1.29 is 0 Å². The van der Waals surface area contributed by atoms with E-state index in [1.165, 1.54) is 25.7 Å². The van der Waals surface area contributed by atoms with Gasteiger partial charge < -0.3 is 11.1 Å². The molecule has 3 N–H and O–H groups in total. The number of nitrogens with zero attached hydrogens (tertiary/aromatic N) is 2. The Morgan fingerprint density at radius 3 is 2.65 bits per heavy atom. The van der Waals surface area contributed by atoms with Gasteiger partial charge in [0.15, 0.2) is 5.82 Å². The maximum atomic E-state index is 5.85. The minimum atomic E-state index is 0.291. The summed E-state index contributed by atoms with van der Waals surface area (Å²) < 4.78 is 1.74. The third-order valence-electron chi connectivity index (χ3n) is 3.05. The van der Waals surface area contributed by atoms with Crippen molar-refractivity contribution in [3.63, 3.8) is 0 Å². The van der Waals surface area contributed by atoms with Gasteiger partial charge in [0.25, 0.3) is 0 Å². The van der Waals surface area contributed by atoms with Gasteiger partial charge in [-0.3, -0.25) is 4.68 Å². The number of nitrogens with two attached hydrogens (primary N) is 1. The highest BCUT2D eigenvalue weighted by atomic mass is 15.3. The van der Waals surface area contributed by atoms with E-state index in [9.17, 15) is 0 Å². The Morgan fingerprint density at radius 2 is 2.12 bits per heavy atom. The molecule has 0 saturated heterocycles. The molecule has 0 atom stereocenters. The van der Waals surface area contributed by atoms with Crippen molar-refractivity contribution >= 4 is 11.5 Å². The molecule has 4 nitrogen and oxygen atoms in total. The van der Waals surface area contributed by atoms with Crippen LogP contribution in [0.5, 0.6) is 0 Å². The van der Waals surface area contributed by atoms with Gasteiger partial charge in [-0.15, -0.1) is 0 Å². The predicted octanol–water partition coefficient (Wildman–Crippen LogP) is 3.02. The first-order valence-corrected chi connectivity index (χ1v) is 6.47. The van der Waals surface area contributed by atoms with Crippen LogP contribution in [0.1, 0.15) is 46.5 Å². The zero-order valence-electron chi connectivity index (χ0n) is 11.6. The summed E-state index contributed by atoms with van der Waals surface area (Å²) in [6.45, 7) is 7.72. The summed E-state index contributed by atoms with van der Waals surface area (Å²) in [5.41, 5.74) is 6.86. The molecule has 0 unspecified atom stereocenters. The Labute approximate surface area is 105 Å². The average Bonchev–Trinajstić information content (AvgIpc) is 2.55. The number of hydrogen-bond donors (Lipinski definition) is 2. The maximum absolute atomic E-state index is 5.85. The molecule has 0 fully saturated rings. The lowest BCUT2D eigenvalue weighted by Gasteiger charge is -2.25. The summed E-state index contributed by atoms with van der Waals surface area (Å²) in [4.78, 5) is 0. The quantitative estimate of drug-likeness (QED) is 0.718. The van der Waals surface area contributed by atoms with Gasteiger partial charge in [-0.1, -0.05) is 40.0 Å². The van der Waals surface area contributed by atoms with Crippen LogP contribution < -0.4 is 11.1 Å². The summed E-state index contributed by atoms with van der Waals surface area (Å²) in [6.07, 6.45) is 6.95. The fraction of sp³-hybridized carbons (Fsp3) is 0.769. The fourth-order valence-electron chi connectivity index (χ4n) is 1.91. The number of hydrogen-bond acceptors (Lipinski definition) is 3. The fourth-order valence-corrected chi connectivity index (χ4v) is 1.91. The van der Waals surface area contributed by atoms with Gasteiger partial charge in [0.1, 0.15) is 0 Å². The molecule has 0 aliphatic heterocycles. The first-order valence-electron chi connectivity index (χ1n) is 6.47. The van der Waals surface area contributed by atoms with Crippen molar-refractivity contribution in [1.29, 1.82) is 0 Å². The van der Waals surface area contributed by atoms with Crippen LogP contribution in [0.25, 0.3) is 0 Å². The molecular formula is C13H26N4. The maximum Gasteiger partial charge on any atom is 0.171 e. The number of aryl methyl sites for hydroxylation is 1. The van der Waals surface area contributed by atoms with E-state index in [1.54, 1.807) is 4.68 Å². The molecule has 0 aliphatic carbocycles. The van der Waals surface area contributed by atoms with Crippen LogP contribution in [0.4, 0.5) is 11.5 Å². The third kappa shape index (κ3) is 4.67. The summed E-state index contributed by atoms with van der Waals surface area (Å²) in [5, 5.41) is 7.63. The van der Waals surface area contributed by atoms with E-state index in [0.29, 0.717) is 5.41 Å². The number of nitrogen functional groups attached to an aromatic ring is 1. The average molecular weight is 238 g/mol. The second-order valence-corrected chi connectivity index (χ2v) is 5.58. The van der Waals surface area contributed by atoms with Gasteiger partial charge in [-0.2, -0.15) is 5.10 Å². The molecule has 0 aromatic carbocycles. The van der Waals surface area contributed by atoms with Crippen LogP contribution in [0.3, 0.4) is 0 Å². The lowest BCUT2D eigenvalue weighted by atomic mass is 9.87. The number of unbranched alkanes of at least 4 members (excludes halogenated alkanes) is 2. The molecule has 0 bridgehead atoms. The largest absolute Gasteiger partial charge is 0.394 e. The van der Waals surface area contributed by atoms with Gasteiger partial charge in [-0.05, 0) is 11.8 Å². The van der Waals surface area contributed by atoms with E-state index in [-0.39, 0.29) is 0 Å². The zero-order chi connectivity index (χ0) is 12.9. The molecule has 0 aliphatic rings. The first kappa shape index (κ1) is 13.9. The normalized spacial score (nSPS) is 11.8. The third-order valence-corrected chi connectivity index (χ3v) is 3.05. The van der Waals surface area contributed by atoms with E-state index in [2.05, 4.69) is 31.2 Å². The SMILES string of the molecule is CCCCCC(C)(C)CNc1nn(C)cc1N. The van der Waals surface area contributed by atoms with Crippen LogP contribution in [0.2, 0.25) is 0 Å². The second-order valence-electron chi connectivity index (χ2n) is 5.58. The highest BCUT2D eigenvalue weighted by Gasteiger charge is 2.18. The molecule has 1 aromatic heterocycles. The molecule has 98 valence electrons.